The van der Waals surface area contributed by atoms with Crippen LogP contribution >= 0.6 is 7.60 Å². The molecule has 11 atom stereocenters. The van der Waals surface area contributed by atoms with Crippen LogP contribution in [-0.2, 0) is 28.2 Å². The van der Waals surface area contributed by atoms with Gasteiger partial charge in [-0.1, -0.05) is 0 Å². The first-order chi connectivity index (χ1) is 18.6. The Hall–Kier alpha value is -0.550. The van der Waals surface area contributed by atoms with Crippen LogP contribution in [0.1, 0.15) is 19.6 Å². The Morgan fingerprint density at radius 1 is 1.31 bits per heavy atom. The average Bonchev–Trinajstić information content (AvgIpc) is 3.15. The van der Waals surface area contributed by atoms with Gasteiger partial charge in [0.2, 0.25) is 5.91 Å². The molecule has 2 aliphatic heterocycles. The van der Waals surface area contributed by atoms with Crippen LogP contribution in [-0.4, -0.2) is 119 Å². The molecular weight excluding hydrogens is 613 g/mol. The van der Waals surface area contributed by atoms with Gasteiger partial charge in [-0.2, -0.15) is 4.98 Å². The van der Waals surface area contributed by atoms with Gasteiger partial charge in [0.25, 0.3) is 0 Å². The number of carbonyl (C=O) groups is 2. The Morgan fingerprint density at radius 3 is 2.45 bits per heavy atom. The maximum Gasteiger partial charge on any atom is 1.00 e. The molecule has 0 bridgehead atoms. The number of aliphatic hydroxyl groups excluding tert-OH is 6. The van der Waals surface area contributed by atoms with Crippen LogP contribution in [0.3, 0.4) is 0 Å². The number of aromatic nitrogens is 2. The Balaban J connectivity index is 0.00000441. The quantitative estimate of drug-likeness (QED) is 0.0867. The number of hydrogen-bond acceptors (Lipinski definition) is 17. The smallest absolute Gasteiger partial charge is 0.776 e. The second-order valence-electron chi connectivity index (χ2n) is 9.27. The van der Waals surface area contributed by atoms with Crippen molar-refractivity contribution in [2.45, 2.75) is 73.7 Å². The molecule has 226 valence electrons. The van der Waals surface area contributed by atoms with Gasteiger partial charge in [-0.05, 0) is 6.07 Å². The first kappa shape index (κ1) is 39.5. The molecule has 1 aromatic heterocycles. The summed E-state index contributed by atoms with van der Waals surface area (Å²) in [5.41, 5.74) is 4.43. The molecule has 2 saturated heterocycles. The number of carbonyl (C=O) groups excluding carboxylic acids is 2. The molecule has 0 spiro atoms. The van der Waals surface area contributed by atoms with Gasteiger partial charge in [-0.15, -0.1) is 0 Å². The average molecular weight is 642 g/mol. The van der Waals surface area contributed by atoms with E-state index in [2.05, 4.69) is 10.3 Å². The van der Waals surface area contributed by atoms with Crippen molar-refractivity contribution in [2.75, 3.05) is 18.9 Å². The van der Waals surface area contributed by atoms with Crippen molar-refractivity contribution >= 4 is 25.3 Å². The molecule has 0 saturated carbocycles. The molecule has 1 amide bonds. The van der Waals surface area contributed by atoms with Crippen molar-refractivity contribution in [3.63, 3.8) is 0 Å². The molecule has 0 aliphatic carbocycles. The van der Waals surface area contributed by atoms with Crippen LogP contribution in [0.2, 0.25) is 0 Å². The minimum Gasteiger partial charge on any atom is -0.776 e. The van der Waals surface area contributed by atoms with E-state index in [-0.39, 0.29) is 64.9 Å². The molecule has 1 unspecified atom stereocenters. The number of nitrogens with one attached hydrogen (secondary N) is 1. The largest absolute Gasteiger partial charge is 1.00 e. The van der Waals surface area contributed by atoms with Gasteiger partial charge < -0.3 is 75.0 Å². The maximum atomic E-state index is 13.2. The van der Waals surface area contributed by atoms with E-state index in [0.717, 1.165) is 17.7 Å². The van der Waals surface area contributed by atoms with Crippen molar-refractivity contribution in [1.82, 2.24) is 14.9 Å². The minimum absolute atomic E-state index is 0. The van der Waals surface area contributed by atoms with Crippen molar-refractivity contribution < 1.29 is 128 Å². The van der Waals surface area contributed by atoms with E-state index < -0.39 is 105 Å². The summed E-state index contributed by atoms with van der Waals surface area (Å²) in [5.74, 6) is -3.41. The van der Waals surface area contributed by atoms with Crippen LogP contribution in [0, 0.1) is 0 Å². The van der Waals surface area contributed by atoms with Gasteiger partial charge in [0.15, 0.2) is 19.2 Å². The van der Waals surface area contributed by atoms with Crippen molar-refractivity contribution in [3.05, 3.63) is 22.7 Å². The Labute approximate surface area is 281 Å². The van der Waals surface area contributed by atoms with E-state index in [1.165, 1.54) is 6.07 Å². The summed E-state index contributed by atoms with van der Waals surface area (Å²) >= 11 is 0. The first-order valence-corrected chi connectivity index (χ1v) is 13.2. The van der Waals surface area contributed by atoms with Gasteiger partial charge in [0.05, 0.1) is 31.3 Å². The summed E-state index contributed by atoms with van der Waals surface area (Å²) < 4.78 is 29.3. The third kappa shape index (κ3) is 7.99. The fourth-order valence-corrected chi connectivity index (χ4v) is 5.85. The summed E-state index contributed by atoms with van der Waals surface area (Å²) in [5, 5.41) is 71.5. The second-order valence-corrected chi connectivity index (χ2v) is 11.2. The first-order valence-electron chi connectivity index (χ1n) is 11.7. The number of nitrogens with zero attached hydrogens (tertiary/aromatic N) is 2. The standard InChI is InChI=1S/C20H31N4O15P.2Na/c1-7(26)22-12-8(27)4-20(18(32)33,39-16(12)13(29)9(28)5-25)40(35,36)37-6-10-14(30)15(31)17(38-10)24-3-2-11(21)23-19(24)34;;/h2-3,8-10,12-17,25,27-31H,4-6H2,1H3,(H,22,26)(H,32,33)(H,35,36)(H2,21,23,34);;/q;2*+1/p-2/t8-,9+,10+,12+,13+,14-,15-,16+,17+,20-;;/m0../s1. The van der Waals surface area contributed by atoms with Gasteiger partial charge >= 0.3 is 64.8 Å². The van der Waals surface area contributed by atoms with E-state index in [4.69, 9.17) is 19.7 Å². The molecule has 1 aromatic rings. The number of carboxylic acids is 1. The summed E-state index contributed by atoms with van der Waals surface area (Å²) in [6.45, 7) is -1.24. The monoisotopic (exact) mass is 642 g/mol. The molecule has 22 heteroatoms. The fraction of sp³-hybridized carbons (Fsp3) is 0.700. The van der Waals surface area contributed by atoms with Gasteiger partial charge in [-0.25, -0.2) is 4.79 Å². The van der Waals surface area contributed by atoms with Gasteiger partial charge in [-0.3, -0.25) is 9.36 Å². The molecule has 19 nitrogen and oxygen atoms in total. The van der Waals surface area contributed by atoms with Gasteiger partial charge in [0, 0.05) is 19.5 Å². The molecule has 3 heterocycles. The number of ether oxygens (including phenoxy) is 2. The molecule has 42 heavy (non-hydrogen) atoms. The predicted octanol–water partition coefficient (Wildman–Crippen LogP) is -13.2. The number of aliphatic hydroxyl groups is 6. The van der Waals surface area contributed by atoms with Crippen molar-refractivity contribution in [1.29, 1.82) is 0 Å². The fourth-order valence-electron chi connectivity index (χ4n) is 4.41. The third-order valence-corrected chi connectivity index (χ3v) is 8.35. The molecular formula is C20H29N4Na2O15P. The van der Waals surface area contributed by atoms with Crippen LogP contribution < -0.4 is 85.9 Å². The topological polar surface area (TPSA) is 319 Å². The summed E-state index contributed by atoms with van der Waals surface area (Å²) in [4.78, 5) is 52.5. The Morgan fingerprint density at radius 2 is 1.93 bits per heavy atom. The van der Waals surface area contributed by atoms with E-state index in [1.807, 2.05) is 0 Å². The number of hydrogen-bond donors (Lipinski definition) is 8. The zero-order valence-corrected chi connectivity index (χ0v) is 27.6. The zero-order valence-electron chi connectivity index (χ0n) is 22.7. The second kappa shape index (κ2) is 15.6. The van der Waals surface area contributed by atoms with Crippen LogP contribution in [0.15, 0.2) is 17.1 Å². The summed E-state index contributed by atoms with van der Waals surface area (Å²) in [6.07, 6.45) is -15.5. The number of nitrogens with two attached hydrogens (primary N) is 1. The number of amides is 1. The Bertz CT molecular complexity index is 1210. The van der Waals surface area contributed by atoms with E-state index >= 15 is 0 Å². The predicted molar refractivity (Wildman–Crippen MR) is 122 cm³/mol. The molecule has 2 aliphatic rings. The molecule has 0 aromatic carbocycles. The molecule has 9 N–H and O–H groups in total. The van der Waals surface area contributed by atoms with Crippen molar-refractivity contribution in [2.24, 2.45) is 0 Å². The van der Waals surface area contributed by atoms with Crippen LogP contribution in [0.4, 0.5) is 5.82 Å². The van der Waals surface area contributed by atoms with E-state index in [1.54, 1.807) is 0 Å². The number of aliphatic carboxylic acids is 1. The van der Waals surface area contributed by atoms with Crippen LogP contribution in [0.25, 0.3) is 0 Å². The molecule has 0 radical (unpaired) electrons. The summed E-state index contributed by atoms with van der Waals surface area (Å²) in [7, 11) is -5.91. The Kier molecular flexibility index (Phi) is 14.7. The van der Waals surface area contributed by atoms with Crippen LogP contribution in [0.5, 0.6) is 0 Å². The SMILES string of the molecule is CC(=O)N[C@H]1[C@H]([C@H](O)[C@H](O)CO)O[C@](C(=O)[O-])(P(=O)([O-])OC[C@H]2O[C@@H](n3ccc(N)nc3=O)[C@@H](O)[C@H]2O)C[C@@H]1O.[Na+].[Na+]. The number of carboxylic acid groups (broad SMARTS) is 1. The van der Waals surface area contributed by atoms with E-state index in [9.17, 15) is 59.6 Å². The number of rotatable bonds is 10. The number of anilines is 1. The van der Waals surface area contributed by atoms with Crippen molar-refractivity contribution in [3.8, 4) is 0 Å². The molecule has 3 rings (SSSR count). The maximum absolute atomic E-state index is 13.2. The zero-order chi connectivity index (χ0) is 30.2. The van der Waals surface area contributed by atoms with Gasteiger partial charge in [0.1, 0.15) is 42.4 Å². The minimum atomic E-state index is -5.91. The number of nitrogen functional groups attached to an aromatic ring is 1. The molecule has 2 fully saturated rings. The normalized spacial score (nSPS) is 33.8. The van der Waals surface area contributed by atoms with E-state index in [0.29, 0.717) is 0 Å². The summed E-state index contributed by atoms with van der Waals surface area (Å²) in [6, 6.07) is -0.467. The third-order valence-electron chi connectivity index (χ3n) is 6.51.